The molecule has 0 unspecified atom stereocenters. The predicted octanol–water partition coefficient (Wildman–Crippen LogP) is 1.37. The average molecular weight is 295 g/mol. The van der Waals surface area contributed by atoms with Gasteiger partial charge in [0, 0.05) is 33.3 Å². The average Bonchev–Trinajstić information content (AvgIpc) is 2.74. The SMILES string of the molecule is COc1ccc2[nH]c(=S)n(CCNC(=O)N(C)C)c2n1. The van der Waals surface area contributed by atoms with Crippen LogP contribution in [0.25, 0.3) is 11.2 Å². The molecule has 0 fully saturated rings. The maximum Gasteiger partial charge on any atom is 0.316 e. The summed E-state index contributed by atoms with van der Waals surface area (Å²) >= 11 is 5.27. The van der Waals surface area contributed by atoms with E-state index >= 15 is 0 Å². The molecule has 0 saturated carbocycles. The molecule has 20 heavy (non-hydrogen) atoms. The van der Waals surface area contributed by atoms with E-state index in [0.29, 0.717) is 29.4 Å². The number of aromatic nitrogens is 3. The number of rotatable bonds is 4. The molecule has 2 aromatic rings. The highest BCUT2D eigenvalue weighted by molar-refractivity contribution is 7.71. The van der Waals surface area contributed by atoms with Crippen molar-refractivity contribution in [1.29, 1.82) is 0 Å². The number of carbonyl (C=O) groups excluding carboxylic acids is 1. The normalized spacial score (nSPS) is 10.6. The molecule has 0 spiro atoms. The Kier molecular flexibility index (Phi) is 4.23. The van der Waals surface area contributed by atoms with Gasteiger partial charge in [-0.05, 0) is 18.3 Å². The van der Waals surface area contributed by atoms with Gasteiger partial charge in [0.15, 0.2) is 10.4 Å². The molecule has 7 nitrogen and oxygen atoms in total. The molecule has 2 rings (SSSR count). The fourth-order valence-electron chi connectivity index (χ4n) is 1.77. The van der Waals surface area contributed by atoms with Crippen molar-refractivity contribution in [3.63, 3.8) is 0 Å². The highest BCUT2D eigenvalue weighted by atomic mass is 32.1. The van der Waals surface area contributed by atoms with E-state index in [1.54, 1.807) is 27.3 Å². The number of nitrogens with one attached hydrogen (secondary N) is 2. The molecule has 0 aliphatic carbocycles. The van der Waals surface area contributed by atoms with Crippen LogP contribution in [-0.4, -0.2) is 53.2 Å². The van der Waals surface area contributed by atoms with Crippen LogP contribution in [0, 0.1) is 4.77 Å². The molecule has 0 aliphatic rings. The van der Waals surface area contributed by atoms with E-state index in [9.17, 15) is 4.79 Å². The number of imidazole rings is 1. The van der Waals surface area contributed by atoms with Gasteiger partial charge >= 0.3 is 6.03 Å². The summed E-state index contributed by atoms with van der Waals surface area (Å²) in [6.45, 7) is 1.01. The van der Waals surface area contributed by atoms with Gasteiger partial charge in [0.05, 0.1) is 12.6 Å². The smallest absolute Gasteiger partial charge is 0.316 e. The lowest BCUT2D eigenvalue weighted by Crippen LogP contribution is -2.36. The summed E-state index contributed by atoms with van der Waals surface area (Å²) in [5, 5.41) is 2.79. The Morgan fingerprint density at radius 3 is 2.95 bits per heavy atom. The van der Waals surface area contributed by atoms with Crippen molar-refractivity contribution in [3.8, 4) is 5.88 Å². The second-order valence-corrected chi connectivity index (χ2v) is 4.82. The number of methoxy groups -OCH3 is 1. The molecule has 2 aromatic heterocycles. The lowest BCUT2D eigenvalue weighted by molar-refractivity contribution is 0.217. The lowest BCUT2D eigenvalue weighted by atomic mass is 10.4. The number of H-pyrrole nitrogens is 1. The van der Waals surface area contributed by atoms with E-state index in [1.165, 1.54) is 4.90 Å². The van der Waals surface area contributed by atoms with Crippen LogP contribution in [0.5, 0.6) is 5.88 Å². The second-order valence-electron chi connectivity index (χ2n) is 4.43. The first kappa shape index (κ1) is 14.3. The van der Waals surface area contributed by atoms with E-state index in [2.05, 4.69) is 15.3 Å². The van der Waals surface area contributed by atoms with Crippen LogP contribution in [0.2, 0.25) is 0 Å². The third-order valence-corrected chi connectivity index (χ3v) is 3.14. The summed E-state index contributed by atoms with van der Waals surface area (Å²) in [5.74, 6) is 0.526. The number of nitrogens with zero attached hydrogens (tertiary/aromatic N) is 3. The van der Waals surface area contributed by atoms with E-state index in [-0.39, 0.29) is 6.03 Å². The Hall–Kier alpha value is -2.09. The number of urea groups is 1. The van der Waals surface area contributed by atoms with Gasteiger partial charge < -0.3 is 19.9 Å². The molecule has 0 saturated heterocycles. The summed E-state index contributed by atoms with van der Waals surface area (Å²) < 4.78 is 7.52. The van der Waals surface area contributed by atoms with Crippen LogP contribution in [0.4, 0.5) is 4.79 Å². The predicted molar refractivity (Wildman–Crippen MR) is 78.6 cm³/mol. The third-order valence-electron chi connectivity index (χ3n) is 2.82. The van der Waals surface area contributed by atoms with Gasteiger partial charge in [-0.1, -0.05) is 0 Å². The highest BCUT2D eigenvalue weighted by Crippen LogP contribution is 2.16. The number of amides is 2. The van der Waals surface area contributed by atoms with Crippen LogP contribution in [0.1, 0.15) is 0 Å². The molecule has 0 radical (unpaired) electrons. The van der Waals surface area contributed by atoms with Crippen LogP contribution in [-0.2, 0) is 6.54 Å². The summed E-state index contributed by atoms with van der Waals surface area (Å²) in [6.07, 6.45) is 0. The monoisotopic (exact) mass is 295 g/mol. The van der Waals surface area contributed by atoms with Crippen LogP contribution >= 0.6 is 12.2 Å². The largest absolute Gasteiger partial charge is 0.481 e. The van der Waals surface area contributed by atoms with Gasteiger partial charge in [-0.15, -0.1) is 0 Å². The van der Waals surface area contributed by atoms with Crippen molar-refractivity contribution in [1.82, 2.24) is 24.8 Å². The number of hydrogen-bond acceptors (Lipinski definition) is 4. The minimum Gasteiger partial charge on any atom is -0.481 e. The van der Waals surface area contributed by atoms with E-state index in [4.69, 9.17) is 17.0 Å². The third kappa shape index (κ3) is 2.90. The Bertz CT molecular complexity index is 676. The number of ether oxygens (including phenoxy) is 1. The van der Waals surface area contributed by atoms with Crippen LogP contribution in [0.3, 0.4) is 0 Å². The standard InChI is InChI=1S/C12H17N5O2S/c1-16(2)11(18)13-6-7-17-10-8(14-12(17)20)4-5-9(15-10)19-3/h4-5H,6-7H2,1-3H3,(H,13,18)(H,14,20). The van der Waals surface area contributed by atoms with Crippen LogP contribution < -0.4 is 10.1 Å². The summed E-state index contributed by atoms with van der Waals surface area (Å²) in [7, 11) is 4.95. The van der Waals surface area contributed by atoms with Gasteiger partial charge in [-0.2, -0.15) is 4.98 Å². The first-order valence-corrected chi connectivity index (χ1v) is 6.52. The Morgan fingerprint density at radius 2 is 2.30 bits per heavy atom. The van der Waals surface area contributed by atoms with Gasteiger partial charge in [-0.3, -0.25) is 4.57 Å². The van der Waals surface area contributed by atoms with Gasteiger partial charge in [0.2, 0.25) is 5.88 Å². The summed E-state index contributed by atoms with van der Waals surface area (Å²) in [4.78, 5) is 20.4. The summed E-state index contributed by atoms with van der Waals surface area (Å²) in [5.41, 5.74) is 1.56. The zero-order chi connectivity index (χ0) is 14.7. The topological polar surface area (TPSA) is 75.2 Å². The van der Waals surface area contributed by atoms with E-state index < -0.39 is 0 Å². The molecule has 0 aliphatic heterocycles. The molecular formula is C12H17N5O2S. The molecular weight excluding hydrogens is 278 g/mol. The first-order valence-electron chi connectivity index (χ1n) is 6.11. The number of aromatic amines is 1. The Balaban J connectivity index is 2.19. The van der Waals surface area contributed by atoms with Crippen molar-refractivity contribution in [2.45, 2.75) is 6.54 Å². The van der Waals surface area contributed by atoms with Gasteiger partial charge in [0.25, 0.3) is 0 Å². The lowest BCUT2D eigenvalue weighted by Gasteiger charge is -2.12. The number of carbonyl (C=O) groups is 1. The minimum atomic E-state index is -0.137. The fourth-order valence-corrected chi connectivity index (χ4v) is 2.05. The molecule has 2 N–H and O–H groups in total. The summed E-state index contributed by atoms with van der Waals surface area (Å²) in [6, 6.07) is 3.50. The molecule has 0 aromatic carbocycles. The molecule has 0 atom stereocenters. The minimum absolute atomic E-state index is 0.137. The second kappa shape index (κ2) is 5.91. The van der Waals surface area contributed by atoms with Crippen molar-refractivity contribution < 1.29 is 9.53 Å². The molecule has 108 valence electrons. The van der Waals surface area contributed by atoms with Crippen LogP contribution in [0.15, 0.2) is 12.1 Å². The molecule has 8 heteroatoms. The number of pyridine rings is 1. The fraction of sp³-hybridized carbons (Fsp3) is 0.417. The van der Waals surface area contributed by atoms with E-state index in [0.717, 1.165) is 5.52 Å². The molecule has 2 amide bonds. The maximum absolute atomic E-state index is 11.5. The number of hydrogen-bond donors (Lipinski definition) is 2. The highest BCUT2D eigenvalue weighted by Gasteiger charge is 2.08. The Labute approximate surface area is 121 Å². The molecule has 2 heterocycles. The van der Waals surface area contributed by atoms with Crippen molar-refractivity contribution in [2.75, 3.05) is 27.7 Å². The van der Waals surface area contributed by atoms with Crippen molar-refractivity contribution in [2.24, 2.45) is 0 Å². The van der Waals surface area contributed by atoms with Crippen molar-refractivity contribution >= 4 is 29.4 Å². The maximum atomic E-state index is 11.5. The Morgan fingerprint density at radius 1 is 1.55 bits per heavy atom. The molecule has 0 bridgehead atoms. The van der Waals surface area contributed by atoms with Gasteiger partial charge in [0.1, 0.15) is 0 Å². The van der Waals surface area contributed by atoms with Crippen molar-refractivity contribution in [3.05, 3.63) is 16.9 Å². The zero-order valence-electron chi connectivity index (χ0n) is 11.6. The quantitative estimate of drug-likeness (QED) is 0.836. The van der Waals surface area contributed by atoms with Gasteiger partial charge in [-0.25, -0.2) is 4.79 Å². The zero-order valence-corrected chi connectivity index (χ0v) is 12.5. The first-order chi connectivity index (χ1) is 9.52. The van der Waals surface area contributed by atoms with E-state index in [1.807, 2.05) is 10.6 Å². The number of fused-ring (bicyclic) bond motifs is 1.